The molecule has 0 bridgehead atoms. The first-order chi connectivity index (χ1) is 11.7. The van der Waals surface area contributed by atoms with E-state index in [1.165, 1.54) is 5.56 Å². The first-order valence-electron chi connectivity index (χ1n) is 8.17. The molecule has 1 aliphatic rings. The highest BCUT2D eigenvalue weighted by atomic mass is 16.5. The third-order valence-corrected chi connectivity index (χ3v) is 5.07. The SMILES string of the molecule is COc1cccc(C2CC(N(C)c3ncnc4cnn(C)c34)C2)c1. The number of aryl methyl sites for hydroxylation is 1. The maximum Gasteiger partial charge on any atom is 0.158 e. The number of methoxy groups -OCH3 is 1. The maximum atomic E-state index is 5.33. The van der Waals surface area contributed by atoms with Crippen LogP contribution in [-0.4, -0.2) is 39.9 Å². The van der Waals surface area contributed by atoms with E-state index in [1.807, 2.05) is 17.8 Å². The molecule has 6 heteroatoms. The van der Waals surface area contributed by atoms with E-state index in [-0.39, 0.29) is 0 Å². The molecule has 24 heavy (non-hydrogen) atoms. The van der Waals surface area contributed by atoms with Gasteiger partial charge in [-0.05, 0) is 36.5 Å². The van der Waals surface area contributed by atoms with Gasteiger partial charge in [-0.3, -0.25) is 4.68 Å². The Labute approximate surface area is 141 Å². The molecule has 6 nitrogen and oxygen atoms in total. The Hall–Kier alpha value is -2.63. The number of ether oxygens (including phenoxy) is 1. The summed E-state index contributed by atoms with van der Waals surface area (Å²) in [6.07, 6.45) is 5.64. The Kier molecular flexibility index (Phi) is 3.59. The van der Waals surface area contributed by atoms with Gasteiger partial charge in [-0.15, -0.1) is 0 Å². The lowest BCUT2D eigenvalue weighted by atomic mass is 9.75. The van der Waals surface area contributed by atoms with Gasteiger partial charge in [0.25, 0.3) is 0 Å². The van der Waals surface area contributed by atoms with E-state index in [1.54, 1.807) is 19.6 Å². The normalized spacial score (nSPS) is 20.0. The average molecular weight is 323 g/mol. The van der Waals surface area contributed by atoms with Crippen molar-refractivity contribution in [2.75, 3.05) is 19.1 Å². The van der Waals surface area contributed by atoms with Gasteiger partial charge in [0.2, 0.25) is 0 Å². The smallest absolute Gasteiger partial charge is 0.158 e. The second kappa shape index (κ2) is 5.78. The Morgan fingerprint density at radius 2 is 2.08 bits per heavy atom. The highest BCUT2D eigenvalue weighted by molar-refractivity contribution is 5.85. The van der Waals surface area contributed by atoms with Crippen LogP contribution in [-0.2, 0) is 7.05 Å². The van der Waals surface area contributed by atoms with Crippen molar-refractivity contribution in [1.82, 2.24) is 19.7 Å². The summed E-state index contributed by atoms with van der Waals surface area (Å²) in [5, 5.41) is 4.30. The van der Waals surface area contributed by atoms with Crippen LogP contribution >= 0.6 is 0 Å². The third kappa shape index (κ3) is 2.38. The first kappa shape index (κ1) is 14.9. The molecule has 0 radical (unpaired) electrons. The van der Waals surface area contributed by atoms with Gasteiger partial charge in [-0.25, -0.2) is 9.97 Å². The van der Waals surface area contributed by atoms with Gasteiger partial charge in [0.05, 0.1) is 13.3 Å². The summed E-state index contributed by atoms with van der Waals surface area (Å²) in [5.74, 6) is 2.46. The van der Waals surface area contributed by atoms with Crippen molar-refractivity contribution in [2.24, 2.45) is 7.05 Å². The van der Waals surface area contributed by atoms with Crippen molar-refractivity contribution in [3.8, 4) is 5.75 Å². The Morgan fingerprint density at radius 3 is 2.88 bits per heavy atom. The molecule has 0 unspecified atom stereocenters. The number of aromatic nitrogens is 4. The van der Waals surface area contributed by atoms with Crippen LogP contribution in [0.2, 0.25) is 0 Å². The minimum atomic E-state index is 0.481. The standard InChI is InChI=1S/C18H21N5O/c1-22(18-17-16(19-11-20-18)10-21-23(17)2)14-7-13(8-14)12-5-4-6-15(9-12)24-3/h4-6,9-11,13-14H,7-8H2,1-3H3. The van der Waals surface area contributed by atoms with Crippen molar-refractivity contribution in [3.63, 3.8) is 0 Å². The van der Waals surface area contributed by atoms with Gasteiger partial charge in [0.1, 0.15) is 23.1 Å². The van der Waals surface area contributed by atoms with Crippen molar-refractivity contribution >= 4 is 16.9 Å². The van der Waals surface area contributed by atoms with Gasteiger partial charge in [0.15, 0.2) is 5.82 Å². The lowest BCUT2D eigenvalue weighted by molar-refractivity contribution is 0.337. The molecular formula is C18H21N5O. The molecule has 4 rings (SSSR count). The van der Waals surface area contributed by atoms with Crippen LogP contribution in [0, 0.1) is 0 Å². The lowest BCUT2D eigenvalue weighted by Gasteiger charge is -2.42. The van der Waals surface area contributed by atoms with Crippen molar-refractivity contribution in [3.05, 3.63) is 42.4 Å². The second-order valence-electron chi connectivity index (χ2n) is 6.41. The van der Waals surface area contributed by atoms with Crippen LogP contribution in [0.1, 0.15) is 24.3 Å². The highest BCUT2D eigenvalue weighted by Gasteiger charge is 2.34. The van der Waals surface area contributed by atoms with E-state index in [0.717, 1.165) is 35.4 Å². The molecule has 3 aromatic rings. The summed E-state index contributed by atoms with van der Waals surface area (Å²) in [4.78, 5) is 11.1. The molecule has 0 aliphatic heterocycles. The van der Waals surface area contributed by atoms with E-state index < -0.39 is 0 Å². The van der Waals surface area contributed by atoms with E-state index in [9.17, 15) is 0 Å². The van der Waals surface area contributed by atoms with Crippen LogP contribution in [0.15, 0.2) is 36.8 Å². The topological polar surface area (TPSA) is 56.1 Å². The molecule has 0 N–H and O–H groups in total. The van der Waals surface area contributed by atoms with E-state index >= 15 is 0 Å². The molecule has 1 aromatic carbocycles. The molecule has 0 amide bonds. The summed E-state index contributed by atoms with van der Waals surface area (Å²) in [6.45, 7) is 0. The number of rotatable bonds is 4. The Balaban J connectivity index is 1.53. The van der Waals surface area contributed by atoms with Crippen molar-refractivity contribution < 1.29 is 4.74 Å². The molecule has 1 aliphatic carbocycles. The van der Waals surface area contributed by atoms with Crippen molar-refractivity contribution in [1.29, 1.82) is 0 Å². The fraction of sp³-hybridized carbons (Fsp3) is 0.389. The van der Waals surface area contributed by atoms with Crippen molar-refractivity contribution in [2.45, 2.75) is 24.8 Å². The van der Waals surface area contributed by atoms with Gasteiger partial charge in [0, 0.05) is 20.1 Å². The molecule has 2 aromatic heterocycles. The average Bonchev–Trinajstić information content (AvgIpc) is 2.95. The van der Waals surface area contributed by atoms with Crippen LogP contribution in [0.4, 0.5) is 5.82 Å². The molecule has 0 spiro atoms. The molecule has 124 valence electrons. The van der Waals surface area contributed by atoms with Crippen LogP contribution in [0.5, 0.6) is 5.75 Å². The molecule has 0 atom stereocenters. The second-order valence-corrected chi connectivity index (χ2v) is 6.41. The zero-order valence-electron chi connectivity index (χ0n) is 14.2. The predicted octanol–water partition coefficient (Wildman–Crippen LogP) is 2.75. The Bertz CT molecular complexity index is 869. The predicted molar refractivity (Wildman–Crippen MR) is 93.5 cm³/mol. The minimum Gasteiger partial charge on any atom is -0.497 e. The number of hydrogen-bond donors (Lipinski definition) is 0. The molecule has 0 saturated heterocycles. The van der Waals surface area contributed by atoms with Gasteiger partial charge in [-0.2, -0.15) is 5.10 Å². The lowest BCUT2D eigenvalue weighted by Crippen LogP contribution is -2.42. The maximum absolute atomic E-state index is 5.33. The van der Waals surface area contributed by atoms with Crippen LogP contribution in [0.3, 0.4) is 0 Å². The third-order valence-electron chi connectivity index (χ3n) is 5.07. The first-order valence-corrected chi connectivity index (χ1v) is 8.17. The molecule has 2 heterocycles. The van der Waals surface area contributed by atoms with E-state index in [0.29, 0.717) is 12.0 Å². The fourth-order valence-corrected chi connectivity index (χ4v) is 3.49. The zero-order chi connectivity index (χ0) is 16.7. The quantitative estimate of drug-likeness (QED) is 0.739. The van der Waals surface area contributed by atoms with Gasteiger partial charge in [-0.1, -0.05) is 12.1 Å². The minimum absolute atomic E-state index is 0.481. The molecule has 1 fully saturated rings. The number of benzene rings is 1. The largest absolute Gasteiger partial charge is 0.497 e. The van der Waals surface area contributed by atoms with Gasteiger partial charge < -0.3 is 9.64 Å². The van der Waals surface area contributed by atoms with Crippen LogP contribution < -0.4 is 9.64 Å². The summed E-state index contributed by atoms with van der Waals surface area (Å²) in [7, 11) is 5.76. The summed E-state index contributed by atoms with van der Waals surface area (Å²) in [6, 6.07) is 8.87. The highest BCUT2D eigenvalue weighted by Crippen LogP contribution is 2.41. The monoisotopic (exact) mass is 323 g/mol. The van der Waals surface area contributed by atoms with Gasteiger partial charge >= 0.3 is 0 Å². The zero-order valence-corrected chi connectivity index (χ0v) is 14.2. The molecule has 1 saturated carbocycles. The van der Waals surface area contributed by atoms with E-state index in [2.05, 4.69) is 45.2 Å². The van der Waals surface area contributed by atoms with Crippen LogP contribution in [0.25, 0.3) is 11.0 Å². The number of nitrogens with zero attached hydrogens (tertiary/aromatic N) is 5. The Morgan fingerprint density at radius 1 is 1.25 bits per heavy atom. The summed E-state index contributed by atoms with van der Waals surface area (Å²) in [5.41, 5.74) is 3.23. The summed E-state index contributed by atoms with van der Waals surface area (Å²) >= 11 is 0. The number of anilines is 1. The number of hydrogen-bond acceptors (Lipinski definition) is 5. The summed E-state index contributed by atoms with van der Waals surface area (Å²) < 4.78 is 7.18. The van der Waals surface area contributed by atoms with E-state index in [4.69, 9.17) is 4.74 Å². The molecular weight excluding hydrogens is 302 g/mol. The number of fused-ring (bicyclic) bond motifs is 1. The fourth-order valence-electron chi connectivity index (χ4n) is 3.49.